The first kappa shape index (κ1) is 8.97. The smallest absolute Gasteiger partial charge is 0.324 e. The largest absolute Gasteiger partial charge is 0.351 e. The predicted molar refractivity (Wildman–Crippen MR) is 37.7 cm³/mol. The molecular formula is C5H7ClN2O2. The van der Waals surface area contributed by atoms with E-state index in [1.807, 2.05) is 0 Å². The van der Waals surface area contributed by atoms with Crippen molar-refractivity contribution in [1.82, 2.24) is 4.90 Å². The first-order chi connectivity index (χ1) is 4.59. The number of primary amides is 1. The highest BCUT2D eigenvalue weighted by molar-refractivity contribution is 6.64. The summed E-state index contributed by atoms with van der Waals surface area (Å²) in [7, 11) is 0. The monoisotopic (exact) mass is 162 g/mol. The highest BCUT2D eigenvalue weighted by Gasteiger charge is 2.13. The molecule has 3 amide bonds. The Morgan fingerprint density at radius 3 is 2.30 bits per heavy atom. The minimum atomic E-state index is -0.896. The second kappa shape index (κ2) is 3.90. The molecule has 0 radical (unpaired) electrons. The number of rotatable bonds is 2. The molecule has 0 spiro atoms. The van der Waals surface area contributed by atoms with Crippen LogP contribution in [0.25, 0.3) is 0 Å². The second-order valence-corrected chi connectivity index (χ2v) is 1.81. The van der Waals surface area contributed by atoms with Gasteiger partial charge in [-0.25, -0.2) is 9.69 Å². The number of amides is 3. The van der Waals surface area contributed by atoms with Gasteiger partial charge in [-0.1, -0.05) is 6.08 Å². The molecule has 0 aliphatic rings. The maximum atomic E-state index is 10.3. The van der Waals surface area contributed by atoms with E-state index in [4.69, 9.17) is 17.3 Å². The van der Waals surface area contributed by atoms with E-state index in [2.05, 4.69) is 6.58 Å². The summed E-state index contributed by atoms with van der Waals surface area (Å²) >= 11 is 4.96. The second-order valence-electron chi connectivity index (χ2n) is 1.49. The Labute approximate surface area is 63.2 Å². The number of carbonyl (C=O) groups excluding carboxylic acids is 2. The molecule has 0 bridgehead atoms. The number of halogens is 1. The van der Waals surface area contributed by atoms with E-state index in [1.165, 1.54) is 6.08 Å². The van der Waals surface area contributed by atoms with E-state index in [0.29, 0.717) is 4.90 Å². The quantitative estimate of drug-likeness (QED) is 0.373. The maximum absolute atomic E-state index is 10.3. The molecule has 0 aliphatic heterocycles. The SMILES string of the molecule is C=CCN(C(N)=O)C(=O)Cl. The van der Waals surface area contributed by atoms with Crippen molar-refractivity contribution in [1.29, 1.82) is 0 Å². The van der Waals surface area contributed by atoms with Gasteiger partial charge in [0, 0.05) is 6.54 Å². The maximum Gasteiger partial charge on any atom is 0.324 e. The Hall–Kier alpha value is -1.03. The zero-order valence-corrected chi connectivity index (χ0v) is 5.97. The van der Waals surface area contributed by atoms with Gasteiger partial charge < -0.3 is 5.73 Å². The van der Waals surface area contributed by atoms with Gasteiger partial charge >= 0.3 is 11.4 Å². The van der Waals surface area contributed by atoms with Crippen molar-refractivity contribution in [3.8, 4) is 0 Å². The minimum absolute atomic E-state index is 0.0394. The van der Waals surface area contributed by atoms with Crippen LogP contribution in [0.4, 0.5) is 9.59 Å². The Balaban J connectivity index is 4.11. The summed E-state index contributed by atoms with van der Waals surface area (Å²) in [4.78, 5) is 21.3. The number of nitrogens with zero attached hydrogens (tertiary/aromatic N) is 1. The van der Waals surface area contributed by atoms with Gasteiger partial charge in [-0.05, 0) is 11.6 Å². The number of carbonyl (C=O) groups is 2. The van der Waals surface area contributed by atoms with Crippen molar-refractivity contribution in [2.45, 2.75) is 0 Å². The van der Waals surface area contributed by atoms with Gasteiger partial charge in [-0.2, -0.15) is 0 Å². The third-order valence-corrected chi connectivity index (χ3v) is 0.994. The molecule has 0 heterocycles. The van der Waals surface area contributed by atoms with Crippen LogP contribution >= 0.6 is 11.6 Å². The highest BCUT2D eigenvalue weighted by Crippen LogP contribution is 1.94. The Morgan fingerprint density at radius 1 is 1.70 bits per heavy atom. The first-order valence-electron chi connectivity index (χ1n) is 2.47. The van der Waals surface area contributed by atoms with Crippen LogP contribution in [0.2, 0.25) is 0 Å². The van der Waals surface area contributed by atoms with Gasteiger partial charge in [-0.15, -0.1) is 6.58 Å². The fourth-order valence-electron chi connectivity index (χ4n) is 0.377. The Bertz CT molecular complexity index is 155. The van der Waals surface area contributed by atoms with E-state index < -0.39 is 11.4 Å². The number of urea groups is 1. The van der Waals surface area contributed by atoms with Crippen LogP contribution in [0, 0.1) is 0 Å². The molecule has 5 heteroatoms. The van der Waals surface area contributed by atoms with Crippen molar-refractivity contribution in [3.05, 3.63) is 12.7 Å². The fourth-order valence-corrected chi connectivity index (χ4v) is 0.530. The van der Waals surface area contributed by atoms with Gasteiger partial charge in [0.15, 0.2) is 0 Å². The Morgan fingerprint density at radius 2 is 2.20 bits per heavy atom. The molecule has 0 rings (SSSR count). The van der Waals surface area contributed by atoms with Crippen LogP contribution in [0.1, 0.15) is 0 Å². The zero-order chi connectivity index (χ0) is 8.15. The summed E-state index contributed by atoms with van der Waals surface area (Å²) in [5.41, 5.74) is 4.76. The third kappa shape index (κ3) is 2.50. The number of hydrogen-bond acceptors (Lipinski definition) is 2. The van der Waals surface area contributed by atoms with E-state index >= 15 is 0 Å². The van der Waals surface area contributed by atoms with E-state index in [9.17, 15) is 9.59 Å². The molecule has 0 atom stereocenters. The van der Waals surface area contributed by atoms with Crippen molar-refractivity contribution >= 4 is 23.0 Å². The lowest BCUT2D eigenvalue weighted by Gasteiger charge is -2.10. The summed E-state index contributed by atoms with van der Waals surface area (Å²) in [5.74, 6) is 0. The number of imide groups is 1. The Kier molecular flexibility index (Phi) is 3.49. The summed E-state index contributed by atoms with van der Waals surface area (Å²) in [6.45, 7) is 3.34. The molecule has 0 aromatic carbocycles. The van der Waals surface area contributed by atoms with Gasteiger partial charge in [0.05, 0.1) is 0 Å². The van der Waals surface area contributed by atoms with Crippen molar-refractivity contribution in [3.63, 3.8) is 0 Å². The van der Waals surface area contributed by atoms with Crippen molar-refractivity contribution in [2.24, 2.45) is 5.73 Å². The van der Waals surface area contributed by atoms with Gasteiger partial charge in [0.2, 0.25) is 0 Å². The van der Waals surface area contributed by atoms with E-state index in [-0.39, 0.29) is 6.54 Å². The topological polar surface area (TPSA) is 63.4 Å². The van der Waals surface area contributed by atoms with Crippen LogP contribution in [-0.4, -0.2) is 22.8 Å². The van der Waals surface area contributed by atoms with Crippen LogP contribution < -0.4 is 5.73 Å². The summed E-state index contributed by atoms with van der Waals surface area (Å²) in [5, 5.41) is -0.896. The van der Waals surface area contributed by atoms with Crippen molar-refractivity contribution in [2.75, 3.05) is 6.54 Å². The fraction of sp³-hybridized carbons (Fsp3) is 0.200. The lowest BCUT2D eigenvalue weighted by Crippen LogP contribution is -2.37. The lowest BCUT2D eigenvalue weighted by atomic mass is 10.6. The van der Waals surface area contributed by atoms with Crippen LogP contribution in [0.5, 0.6) is 0 Å². The molecule has 0 aromatic heterocycles. The molecule has 0 unspecified atom stereocenters. The number of nitrogens with two attached hydrogens (primary N) is 1. The molecular weight excluding hydrogens is 156 g/mol. The summed E-state index contributed by atoms with van der Waals surface area (Å²) in [6, 6.07) is -0.875. The van der Waals surface area contributed by atoms with E-state index in [0.717, 1.165) is 0 Å². The van der Waals surface area contributed by atoms with E-state index in [1.54, 1.807) is 0 Å². The van der Waals surface area contributed by atoms with Crippen LogP contribution in [-0.2, 0) is 0 Å². The zero-order valence-electron chi connectivity index (χ0n) is 5.21. The molecule has 4 nitrogen and oxygen atoms in total. The first-order valence-corrected chi connectivity index (χ1v) is 2.84. The molecule has 0 fully saturated rings. The molecule has 56 valence electrons. The van der Waals surface area contributed by atoms with Crippen molar-refractivity contribution < 1.29 is 9.59 Å². The van der Waals surface area contributed by atoms with Crippen LogP contribution in [0.15, 0.2) is 12.7 Å². The number of hydrogen-bond donors (Lipinski definition) is 1. The van der Waals surface area contributed by atoms with Gasteiger partial charge in [-0.3, -0.25) is 4.79 Å². The minimum Gasteiger partial charge on any atom is -0.351 e. The highest BCUT2D eigenvalue weighted by atomic mass is 35.5. The normalized spacial score (nSPS) is 8.50. The molecule has 0 saturated carbocycles. The van der Waals surface area contributed by atoms with Gasteiger partial charge in [0.1, 0.15) is 0 Å². The molecule has 10 heavy (non-hydrogen) atoms. The molecule has 0 aromatic rings. The van der Waals surface area contributed by atoms with Gasteiger partial charge in [0.25, 0.3) is 0 Å². The standard InChI is InChI=1S/C5H7ClN2O2/c1-2-3-8(4(6)9)5(7)10/h2H,1,3H2,(H2,7,10). The average molecular weight is 163 g/mol. The third-order valence-electron chi connectivity index (χ3n) is 0.790. The molecule has 0 aliphatic carbocycles. The lowest BCUT2D eigenvalue weighted by molar-refractivity contribution is 0.209. The average Bonchev–Trinajstić information content (AvgIpc) is 1.81. The molecule has 0 saturated heterocycles. The summed E-state index contributed by atoms with van der Waals surface area (Å²) in [6.07, 6.45) is 1.35. The summed E-state index contributed by atoms with van der Waals surface area (Å²) < 4.78 is 0. The predicted octanol–water partition coefficient (Wildman–Crippen LogP) is 0.912. The molecule has 2 N–H and O–H groups in total. The van der Waals surface area contributed by atoms with Crippen LogP contribution in [0.3, 0.4) is 0 Å².